The highest BCUT2D eigenvalue weighted by Gasteiger charge is 2.08. The van der Waals surface area contributed by atoms with Crippen LogP contribution in [0.1, 0.15) is 29.9 Å². The number of hydrogen-bond donors (Lipinski definition) is 1. The second-order valence-corrected chi connectivity index (χ2v) is 5.80. The minimum Gasteiger partial charge on any atom is -0.441 e. The van der Waals surface area contributed by atoms with E-state index >= 15 is 0 Å². The van der Waals surface area contributed by atoms with Gasteiger partial charge in [0, 0.05) is 18.5 Å². The predicted octanol–water partition coefficient (Wildman–Crippen LogP) is 4.41. The van der Waals surface area contributed by atoms with Gasteiger partial charge in [0.25, 0.3) is 0 Å². The number of carbonyl (C=O) groups excluding carboxylic acids is 1. The SMILES string of the molecule is Cc1ccc(NC(=O)CCCc2nc3ccccc3o2)c(C)c1. The molecule has 0 radical (unpaired) electrons. The molecule has 0 aliphatic carbocycles. The number of nitrogens with one attached hydrogen (secondary N) is 1. The van der Waals surface area contributed by atoms with E-state index in [0.29, 0.717) is 25.2 Å². The molecule has 2 aromatic carbocycles. The Morgan fingerprint density at radius 2 is 2.00 bits per heavy atom. The maximum absolute atomic E-state index is 12.0. The van der Waals surface area contributed by atoms with E-state index in [1.165, 1.54) is 5.56 Å². The molecule has 0 bridgehead atoms. The van der Waals surface area contributed by atoms with Gasteiger partial charge in [0.15, 0.2) is 11.5 Å². The predicted molar refractivity (Wildman–Crippen MR) is 91.5 cm³/mol. The highest BCUT2D eigenvalue weighted by atomic mass is 16.3. The van der Waals surface area contributed by atoms with E-state index in [1.54, 1.807) is 0 Å². The lowest BCUT2D eigenvalue weighted by molar-refractivity contribution is -0.116. The van der Waals surface area contributed by atoms with Crippen molar-refractivity contribution in [3.63, 3.8) is 0 Å². The lowest BCUT2D eigenvalue weighted by Gasteiger charge is -2.08. The molecule has 0 aliphatic heterocycles. The van der Waals surface area contributed by atoms with E-state index in [9.17, 15) is 4.79 Å². The molecular weight excluding hydrogens is 288 g/mol. The van der Waals surface area contributed by atoms with Gasteiger partial charge in [0.2, 0.25) is 5.91 Å². The second-order valence-electron chi connectivity index (χ2n) is 5.80. The molecule has 0 unspecified atom stereocenters. The van der Waals surface area contributed by atoms with Crippen LogP contribution in [-0.4, -0.2) is 10.9 Å². The zero-order valence-corrected chi connectivity index (χ0v) is 13.4. The molecular formula is C19H20N2O2. The lowest BCUT2D eigenvalue weighted by atomic mass is 10.1. The molecule has 4 nitrogen and oxygen atoms in total. The van der Waals surface area contributed by atoms with Crippen molar-refractivity contribution >= 4 is 22.7 Å². The van der Waals surface area contributed by atoms with E-state index in [4.69, 9.17) is 4.42 Å². The number of para-hydroxylation sites is 2. The lowest BCUT2D eigenvalue weighted by Crippen LogP contribution is -2.12. The zero-order chi connectivity index (χ0) is 16.2. The van der Waals surface area contributed by atoms with E-state index in [-0.39, 0.29) is 5.91 Å². The molecule has 1 amide bonds. The number of rotatable bonds is 5. The standard InChI is InChI=1S/C19H20N2O2/c1-13-10-11-15(14(2)12-13)20-18(22)8-5-9-19-21-16-6-3-4-7-17(16)23-19/h3-4,6-7,10-12H,5,8-9H2,1-2H3,(H,20,22). The third-order valence-electron chi connectivity index (χ3n) is 3.79. The van der Waals surface area contributed by atoms with Crippen molar-refractivity contribution in [1.82, 2.24) is 4.98 Å². The van der Waals surface area contributed by atoms with Gasteiger partial charge in [-0.05, 0) is 44.0 Å². The van der Waals surface area contributed by atoms with Crippen LogP contribution in [0.15, 0.2) is 46.9 Å². The summed E-state index contributed by atoms with van der Waals surface area (Å²) in [7, 11) is 0. The van der Waals surface area contributed by atoms with E-state index in [0.717, 1.165) is 22.4 Å². The fourth-order valence-electron chi connectivity index (χ4n) is 2.59. The molecule has 3 aromatic rings. The van der Waals surface area contributed by atoms with Crippen molar-refractivity contribution in [1.29, 1.82) is 0 Å². The molecule has 118 valence electrons. The van der Waals surface area contributed by atoms with E-state index < -0.39 is 0 Å². The second kappa shape index (κ2) is 6.65. The molecule has 1 N–H and O–H groups in total. The number of benzene rings is 2. The van der Waals surface area contributed by atoms with Crippen LogP contribution in [0.2, 0.25) is 0 Å². The maximum atomic E-state index is 12.0. The third kappa shape index (κ3) is 3.77. The van der Waals surface area contributed by atoms with Gasteiger partial charge >= 0.3 is 0 Å². The summed E-state index contributed by atoms with van der Waals surface area (Å²) in [6, 6.07) is 13.7. The fourth-order valence-corrected chi connectivity index (χ4v) is 2.59. The van der Waals surface area contributed by atoms with E-state index in [1.807, 2.05) is 50.2 Å². The van der Waals surface area contributed by atoms with Crippen LogP contribution in [0.3, 0.4) is 0 Å². The largest absolute Gasteiger partial charge is 0.441 e. The number of aromatic nitrogens is 1. The average molecular weight is 308 g/mol. The molecule has 0 aliphatic rings. The van der Waals surface area contributed by atoms with Crippen molar-refractivity contribution in [3.8, 4) is 0 Å². The topological polar surface area (TPSA) is 55.1 Å². The monoisotopic (exact) mass is 308 g/mol. The van der Waals surface area contributed by atoms with Gasteiger partial charge in [-0.1, -0.05) is 29.8 Å². The molecule has 3 rings (SSSR count). The molecule has 0 atom stereocenters. The van der Waals surface area contributed by atoms with E-state index in [2.05, 4.69) is 16.4 Å². The Bertz CT molecular complexity index is 803. The normalized spacial score (nSPS) is 10.9. The summed E-state index contributed by atoms with van der Waals surface area (Å²) in [6.07, 6.45) is 1.82. The van der Waals surface area contributed by atoms with Gasteiger partial charge in [-0.2, -0.15) is 0 Å². The number of anilines is 1. The summed E-state index contributed by atoms with van der Waals surface area (Å²) in [4.78, 5) is 16.5. The highest BCUT2D eigenvalue weighted by Crippen LogP contribution is 2.18. The van der Waals surface area contributed by atoms with Crippen molar-refractivity contribution in [2.24, 2.45) is 0 Å². The first-order valence-corrected chi connectivity index (χ1v) is 7.83. The van der Waals surface area contributed by atoms with Crippen LogP contribution in [0, 0.1) is 13.8 Å². The summed E-state index contributed by atoms with van der Waals surface area (Å²) < 4.78 is 5.66. The molecule has 1 heterocycles. The van der Waals surface area contributed by atoms with Crippen molar-refractivity contribution in [2.75, 3.05) is 5.32 Å². The van der Waals surface area contributed by atoms with Crippen LogP contribution in [0.4, 0.5) is 5.69 Å². The zero-order valence-electron chi connectivity index (χ0n) is 13.4. The van der Waals surface area contributed by atoms with Crippen LogP contribution < -0.4 is 5.32 Å². The molecule has 4 heteroatoms. The number of amides is 1. The van der Waals surface area contributed by atoms with Gasteiger partial charge in [0.1, 0.15) is 5.52 Å². The molecule has 1 aromatic heterocycles. The number of aryl methyl sites for hydroxylation is 3. The molecule has 23 heavy (non-hydrogen) atoms. The fraction of sp³-hybridized carbons (Fsp3) is 0.263. The van der Waals surface area contributed by atoms with Gasteiger partial charge in [-0.15, -0.1) is 0 Å². The number of hydrogen-bond acceptors (Lipinski definition) is 3. The van der Waals surface area contributed by atoms with Gasteiger partial charge < -0.3 is 9.73 Å². The first-order chi connectivity index (χ1) is 11.1. The Morgan fingerprint density at radius 3 is 2.78 bits per heavy atom. The van der Waals surface area contributed by atoms with Crippen molar-refractivity contribution in [3.05, 3.63) is 59.5 Å². The van der Waals surface area contributed by atoms with Crippen LogP contribution in [0.25, 0.3) is 11.1 Å². The van der Waals surface area contributed by atoms with Crippen LogP contribution in [-0.2, 0) is 11.2 Å². The first kappa shape index (κ1) is 15.3. The third-order valence-corrected chi connectivity index (χ3v) is 3.79. The van der Waals surface area contributed by atoms with Crippen molar-refractivity contribution < 1.29 is 9.21 Å². The molecule has 0 saturated heterocycles. The van der Waals surface area contributed by atoms with Gasteiger partial charge in [-0.3, -0.25) is 4.79 Å². The van der Waals surface area contributed by atoms with Gasteiger partial charge in [-0.25, -0.2) is 4.98 Å². The summed E-state index contributed by atoms with van der Waals surface area (Å²) >= 11 is 0. The molecule has 0 spiro atoms. The molecule has 0 saturated carbocycles. The van der Waals surface area contributed by atoms with Crippen molar-refractivity contribution in [2.45, 2.75) is 33.1 Å². The minimum atomic E-state index is 0.0214. The Hall–Kier alpha value is -2.62. The summed E-state index contributed by atoms with van der Waals surface area (Å²) in [5, 5.41) is 2.96. The Balaban J connectivity index is 1.52. The number of oxazole rings is 1. The van der Waals surface area contributed by atoms with Crippen LogP contribution >= 0.6 is 0 Å². The molecule has 0 fully saturated rings. The number of fused-ring (bicyclic) bond motifs is 1. The number of nitrogens with zero attached hydrogens (tertiary/aromatic N) is 1. The smallest absolute Gasteiger partial charge is 0.224 e. The summed E-state index contributed by atoms with van der Waals surface area (Å²) in [6.45, 7) is 4.04. The Kier molecular flexibility index (Phi) is 4.42. The van der Waals surface area contributed by atoms with Crippen LogP contribution in [0.5, 0.6) is 0 Å². The van der Waals surface area contributed by atoms with Gasteiger partial charge in [0.05, 0.1) is 0 Å². The Morgan fingerprint density at radius 1 is 1.17 bits per heavy atom. The minimum absolute atomic E-state index is 0.0214. The average Bonchev–Trinajstić information content (AvgIpc) is 2.93. The Labute approximate surface area is 135 Å². The number of carbonyl (C=O) groups is 1. The summed E-state index contributed by atoms with van der Waals surface area (Å²) in [5.41, 5.74) is 4.81. The quantitative estimate of drug-likeness (QED) is 0.759. The highest BCUT2D eigenvalue weighted by molar-refractivity contribution is 5.91. The first-order valence-electron chi connectivity index (χ1n) is 7.83. The summed E-state index contributed by atoms with van der Waals surface area (Å²) in [5.74, 6) is 0.707. The maximum Gasteiger partial charge on any atom is 0.224 e.